The summed E-state index contributed by atoms with van der Waals surface area (Å²) >= 11 is 1.12. The number of rotatable bonds is 6. The molecule has 0 fully saturated rings. The number of ether oxygens (including phenoxy) is 1. The molecule has 0 spiro atoms. The number of nitrogens with one attached hydrogen (secondary N) is 1. The first-order valence-electron chi connectivity index (χ1n) is 8.51. The van der Waals surface area contributed by atoms with Crippen molar-refractivity contribution in [3.05, 3.63) is 69.3 Å². The molecule has 9 nitrogen and oxygen atoms in total. The molecule has 2 aromatic heterocycles. The van der Waals surface area contributed by atoms with Gasteiger partial charge in [0.2, 0.25) is 0 Å². The maximum absolute atomic E-state index is 12.5. The number of amides is 1. The molecule has 0 bridgehead atoms. The summed E-state index contributed by atoms with van der Waals surface area (Å²) in [5.74, 6) is -1.38. The van der Waals surface area contributed by atoms with Crippen LogP contribution in [0.2, 0.25) is 0 Å². The number of nitrogens with zero attached hydrogens (tertiary/aromatic N) is 3. The Bertz CT molecular complexity index is 1070. The fourth-order valence-electron chi connectivity index (χ4n) is 2.43. The number of carbonyl (C=O) groups is 2. The molecule has 0 aliphatic heterocycles. The number of aryl methyl sites for hydroxylation is 1. The summed E-state index contributed by atoms with van der Waals surface area (Å²) in [5, 5.41) is 14.0. The molecule has 148 valence electrons. The Morgan fingerprint density at radius 3 is 2.62 bits per heavy atom. The highest BCUT2D eigenvalue weighted by Gasteiger charge is 2.25. The number of anilines is 1. The molecule has 3 rings (SSSR count). The Morgan fingerprint density at radius 1 is 1.21 bits per heavy atom. The standard InChI is InChI=1S/C19H16N4O5S/c1-11-16(29-18(21-11)14-8-5-6-10-20-14)19(25)28-12(2)17(24)22-13-7-3-4-9-15(13)23(26)27/h3-10,12H,1-2H3,(H,22,24)/t12-/m1/s1. The normalized spacial score (nSPS) is 11.5. The van der Waals surface area contributed by atoms with Crippen molar-refractivity contribution in [1.82, 2.24) is 9.97 Å². The molecule has 2 heterocycles. The van der Waals surface area contributed by atoms with Crippen LogP contribution in [0.1, 0.15) is 22.3 Å². The number of hydrogen-bond donors (Lipinski definition) is 1. The number of nitro groups is 1. The molecule has 0 unspecified atom stereocenters. The number of esters is 1. The molecule has 0 aliphatic carbocycles. The first-order chi connectivity index (χ1) is 13.9. The maximum atomic E-state index is 12.5. The van der Waals surface area contributed by atoms with Gasteiger partial charge < -0.3 is 10.1 Å². The fourth-order valence-corrected chi connectivity index (χ4v) is 3.35. The zero-order valence-electron chi connectivity index (χ0n) is 15.5. The second-order valence-corrected chi connectivity index (χ2v) is 6.96. The topological polar surface area (TPSA) is 124 Å². The van der Waals surface area contributed by atoms with Crippen molar-refractivity contribution in [2.24, 2.45) is 0 Å². The molecule has 0 radical (unpaired) electrons. The lowest BCUT2D eigenvalue weighted by molar-refractivity contribution is -0.383. The van der Waals surface area contributed by atoms with Crippen molar-refractivity contribution < 1.29 is 19.2 Å². The van der Waals surface area contributed by atoms with Crippen molar-refractivity contribution in [3.63, 3.8) is 0 Å². The van der Waals surface area contributed by atoms with Gasteiger partial charge >= 0.3 is 5.97 Å². The van der Waals surface area contributed by atoms with E-state index in [0.29, 0.717) is 16.4 Å². The lowest BCUT2D eigenvalue weighted by Gasteiger charge is -2.13. The van der Waals surface area contributed by atoms with Gasteiger partial charge in [-0.3, -0.25) is 19.9 Å². The molecule has 0 saturated carbocycles. The van der Waals surface area contributed by atoms with Crippen LogP contribution in [0.25, 0.3) is 10.7 Å². The summed E-state index contributed by atoms with van der Waals surface area (Å²) in [4.78, 5) is 44.1. The summed E-state index contributed by atoms with van der Waals surface area (Å²) in [6.45, 7) is 3.05. The van der Waals surface area contributed by atoms with Gasteiger partial charge in [0.05, 0.1) is 16.3 Å². The molecule has 1 atom stereocenters. The van der Waals surface area contributed by atoms with E-state index in [1.807, 2.05) is 6.07 Å². The monoisotopic (exact) mass is 412 g/mol. The number of pyridine rings is 1. The lowest BCUT2D eigenvalue weighted by Crippen LogP contribution is -2.30. The average molecular weight is 412 g/mol. The minimum atomic E-state index is -1.16. The maximum Gasteiger partial charge on any atom is 0.351 e. The first kappa shape index (κ1) is 20.1. The van der Waals surface area contributed by atoms with Crippen LogP contribution < -0.4 is 5.32 Å². The molecule has 1 N–H and O–H groups in total. The van der Waals surface area contributed by atoms with Gasteiger partial charge in [-0.05, 0) is 32.0 Å². The third-order valence-corrected chi connectivity index (χ3v) is 5.04. The molecule has 10 heteroatoms. The third kappa shape index (κ3) is 4.61. The largest absolute Gasteiger partial charge is 0.448 e. The van der Waals surface area contributed by atoms with E-state index in [1.165, 1.54) is 25.1 Å². The van der Waals surface area contributed by atoms with Gasteiger partial charge in [0.25, 0.3) is 11.6 Å². The van der Waals surface area contributed by atoms with E-state index in [1.54, 1.807) is 31.3 Å². The van der Waals surface area contributed by atoms with Crippen LogP contribution in [0, 0.1) is 17.0 Å². The minimum Gasteiger partial charge on any atom is -0.448 e. The van der Waals surface area contributed by atoms with Gasteiger partial charge in [-0.15, -0.1) is 11.3 Å². The average Bonchev–Trinajstić information content (AvgIpc) is 3.10. The van der Waals surface area contributed by atoms with Gasteiger partial charge in [-0.2, -0.15) is 0 Å². The number of carbonyl (C=O) groups excluding carboxylic acids is 2. The van der Waals surface area contributed by atoms with Gasteiger partial charge in [-0.1, -0.05) is 18.2 Å². The number of thiazole rings is 1. The Morgan fingerprint density at radius 2 is 1.93 bits per heavy atom. The van der Waals surface area contributed by atoms with Crippen LogP contribution in [0.4, 0.5) is 11.4 Å². The third-order valence-electron chi connectivity index (χ3n) is 3.88. The lowest BCUT2D eigenvalue weighted by atomic mass is 10.2. The molecule has 3 aromatic rings. The van der Waals surface area contributed by atoms with E-state index >= 15 is 0 Å². The van der Waals surface area contributed by atoms with E-state index in [9.17, 15) is 19.7 Å². The molecular formula is C19H16N4O5S. The highest BCUT2D eigenvalue weighted by molar-refractivity contribution is 7.17. The summed E-state index contributed by atoms with van der Waals surface area (Å²) in [7, 11) is 0. The van der Waals surface area contributed by atoms with Crippen LogP contribution >= 0.6 is 11.3 Å². The van der Waals surface area contributed by atoms with E-state index < -0.39 is 22.9 Å². The first-order valence-corrected chi connectivity index (χ1v) is 9.32. The van der Waals surface area contributed by atoms with E-state index in [2.05, 4.69) is 15.3 Å². The summed E-state index contributed by atoms with van der Waals surface area (Å²) in [6, 6.07) is 11.1. The molecule has 0 aliphatic rings. The van der Waals surface area contributed by atoms with Crippen molar-refractivity contribution in [3.8, 4) is 10.7 Å². The predicted molar refractivity (Wildman–Crippen MR) is 107 cm³/mol. The number of benzene rings is 1. The Balaban J connectivity index is 1.70. The zero-order valence-corrected chi connectivity index (χ0v) is 16.3. The fraction of sp³-hybridized carbons (Fsp3) is 0.158. The van der Waals surface area contributed by atoms with Gasteiger partial charge in [0.15, 0.2) is 6.10 Å². The molecule has 0 saturated heterocycles. The molecule has 1 amide bonds. The van der Waals surface area contributed by atoms with E-state index in [0.717, 1.165) is 11.3 Å². The van der Waals surface area contributed by atoms with Crippen molar-refractivity contribution >= 4 is 34.6 Å². The molecule has 1 aromatic carbocycles. The smallest absolute Gasteiger partial charge is 0.351 e. The highest BCUT2D eigenvalue weighted by Crippen LogP contribution is 2.27. The van der Waals surface area contributed by atoms with Gasteiger partial charge in [0.1, 0.15) is 15.6 Å². The van der Waals surface area contributed by atoms with Gasteiger partial charge in [-0.25, -0.2) is 9.78 Å². The number of hydrogen-bond acceptors (Lipinski definition) is 8. The summed E-state index contributed by atoms with van der Waals surface area (Å²) in [6.07, 6.45) is 0.460. The van der Waals surface area contributed by atoms with Crippen molar-refractivity contribution in [1.29, 1.82) is 0 Å². The number of aromatic nitrogens is 2. The second-order valence-electron chi connectivity index (χ2n) is 5.96. The summed E-state index contributed by atoms with van der Waals surface area (Å²) < 4.78 is 5.23. The molecular weight excluding hydrogens is 396 g/mol. The van der Waals surface area contributed by atoms with Crippen molar-refractivity contribution in [2.45, 2.75) is 20.0 Å². The summed E-state index contributed by atoms with van der Waals surface area (Å²) in [5.41, 5.74) is 0.864. The van der Waals surface area contributed by atoms with Crippen LogP contribution in [0.3, 0.4) is 0 Å². The Hall–Kier alpha value is -3.66. The number of nitro benzene ring substituents is 1. The predicted octanol–water partition coefficient (Wildman–Crippen LogP) is 3.61. The van der Waals surface area contributed by atoms with Crippen LogP contribution in [0.5, 0.6) is 0 Å². The number of para-hydroxylation sites is 2. The Kier molecular flexibility index (Phi) is 5.93. The van der Waals surface area contributed by atoms with Crippen LogP contribution in [-0.4, -0.2) is 32.9 Å². The Labute approximate surface area is 169 Å². The van der Waals surface area contributed by atoms with Crippen LogP contribution in [0.15, 0.2) is 48.7 Å². The van der Waals surface area contributed by atoms with Crippen molar-refractivity contribution in [2.75, 3.05) is 5.32 Å². The highest BCUT2D eigenvalue weighted by atomic mass is 32.1. The van der Waals surface area contributed by atoms with E-state index in [4.69, 9.17) is 4.74 Å². The zero-order chi connectivity index (χ0) is 21.0. The minimum absolute atomic E-state index is 0.0248. The second kappa shape index (κ2) is 8.57. The quantitative estimate of drug-likeness (QED) is 0.372. The van der Waals surface area contributed by atoms with Crippen LogP contribution in [-0.2, 0) is 9.53 Å². The molecule has 29 heavy (non-hydrogen) atoms. The SMILES string of the molecule is Cc1nc(-c2ccccn2)sc1C(=O)O[C@H](C)C(=O)Nc1ccccc1[N+](=O)[O-]. The van der Waals surface area contributed by atoms with E-state index in [-0.39, 0.29) is 16.3 Å². The van der Waals surface area contributed by atoms with Gasteiger partial charge in [0, 0.05) is 12.3 Å².